The van der Waals surface area contributed by atoms with E-state index in [0.29, 0.717) is 12.3 Å². The first kappa shape index (κ1) is 15.5. The van der Waals surface area contributed by atoms with Crippen molar-refractivity contribution in [3.63, 3.8) is 0 Å². The van der Waals surface area contributed by atoms with E-state index in [4.69, 9.17) is 4.74 Å². The second kappa shape index (κ2) is 7.76. The van der Waals surface area contributed by atoms with Gasteiger partial charge in [-0.15, -0.1) is 0 Å². The van der Waals surface area contributed by atoms with Crippen LogP contribution in [-0.2, 0) is 4.79 Å². The Balaban J connectivity index is 2.33. The first-order valence-electron chi connectivity index (χ1n) is 5.48. The van der Waals surface area contributed by atoms with E-state index in [1.807, 2.05) is 31.1 Å². The van der Waals surface area contributed by atoms with Gasteiger partial charge in [0.1, 0.15) is 5.75 Å². The number of nitrogens with one attached hydrogen (secondary N) is 1. The molecule has 0 radical (unpaired) electrons. The summed E-state index contributed by atoms with van der Waals surface area (Å²) in [6.45, 7) is 1.46. The van der Waals surface area contributed by atoms with Gasteiger partial charge in [-0.3, -0.25) is 4.79 Å². The molecule has 1 aromatic carbocycles. The maximum Gasteiger partial charge on any atom is 0.257 e. The van der Waals surface area contributed by atoms with E-state index in [0.717, 1.165) is 15.5 Å². The number of nitrogens with zero attached hydrogens (tertiary/aromatic N) is 1. The van der Waals surface area contributed by atoms with Gasteiger partial charge in [-0.2, -0.15) is 0 Å². The van der Waals surface area contributed by atoms with Gasteiger partial charge in [-0.1, -0.05) is 15.9 Å². The average molecular weight is 380 g/mol. The fraction of sp³-hybridized carbons (Fsp3) is 0.417. The van der Waals surface area contributed by atoms with Crippen molar-refractivity contribution in [3.05, 3.63) is 27.1 Å². The Labute approximate surface area is 124 Å². The number of halogens is 2. The molecule has 0 aliphatic heterocycles. The minimum absolute atomic E-state index is 0.0215. The highest BCUT2D eigenvalue weighted by molar-refractivity contribution is 9.11. The summed E-state index contributed by atoms with van der Waals surface area (Å²) in [5, 5.41) is 2.78. The second-order valence-corrected chi connectivity index (χ2v) is 5.79. The third-order valence-electron chi connectivity index (χ3n) is 2.13. The molecule has 6 heteroatoms. The Morgan fingerprint density at radius 2 is 2.11 bits per heavy atom. The fourth-order valence-corrected chi connectivity index (χ4v) is 2.37. The molecule has 0 aliphatic carbocycles. The van der Waals surface area contributed by atoms with E-state index >= 15 is 0 Å². The van der Waals surface area contributed by atoms with Crippen LogP contribution in [0.1, 0.15) is 0 Å². The molecule has 100 valence electrons. The van der Waals surface area contributed by atoms with Crippen LogP contribution in [0.4, 0.5) is 0 Å². The van der Waals surface area contributed by atoms with E-state index in [1.165, 1.54) is 0 Å². The zero-order valence-electron chi connectivity index (χ0n) is 10.4. The molecule has 0 fully saturated rings. The summed E-state index contributed by atoms with van der Waals surface area (Å²) in [5.41, 5.74) is 0. The lowest BCUT2D eigenvalue weighted by Gasteiger charge is -2.11. The molecule has 0 unspecified atom stereocenters. The van der Waals surface area contributed by atoms with E-state index in [-0.39, 0.29) is 12.5 Å². The van der Waals surface area contributed by atoms with Gasteiger partial charge in [0.25, 0.3) is 5.91 Å². The number of benzene rings is 1. The molecule has 1 rings (SSSR count). The van der Waals surface area contributed by atoms with Crippen LogP contribution in [0.5, 0.6) is 5.75 Å². The minimum Gasteiger partial charge on any atom is -0.483 e. The molecule has 0 heterocycles. The molecule has 0 bridgehead atoms. The Kier molecular flexibility index (Phi) is 6.67. The fourth-order valence-electron chi connectivity index (χ4n) is 1.21. The summed E-state index contributed by atoms with van der Waals surface area (Å²) in [5.74, 6) is 0.535. The predicted octanol–water partition coefficient (Wildman–Crippen LogP) is 2.27. The van der Waals surface area contributed by atoms with Gasteiger partial charge in [0, 0.05) is 17.6 Å². The summed E-state index contributed by atoms with van der Waals surface area (Å²) in [6.07, 6.45) is 0. The normalized spacial score (nSPS) is 10.5. The zero-order chi connectivity index (χ0) is 13.5. The average Bonchev–Trinajstić information content (AvgIpc) is 2.27. The molecule has 1 N–H and O–H groups in total. The van der Waals surface area contributed by atoms with Crippen molar-refractivity contribution in [1.82, 2.24) is 10.2 Å². The zero-order valence-corrected chi connectivity index (χ0v) is 13.5. The second-order valence-electron chi connectivity index (χ2n) is 4.02. The largest absolute Gasteiger partial charge is 0.483 e. The quantitative estimate of drug-likeness (QED) is 0.824. The lowest BCUT2D eigenvalue weighted by molar-refractivity contribution is -0.123. The third kappa shape index (κ3) is 5.84. The summed E-state index contributed by atoms with van der Waals surface area (Å²) >= 11 is 6.73. The Morgan fingerprint density at radius 1 is 1.39 bits per heavy atom. The number of ether oxygens (including phenoxy) is 1. The summed E-state index contributed by atoms with van der Waals surface area (Å²) < 4.78 is 7.19. The SMILES string of the molecule is CN(C)CCNC(=O)COc1ccc(Br)cc1Br. The van der Waals surface area contributed by atoms with E-state index in [2.05, 4.69) is 37.2 Å². The van der Waals surface area contributed by atoms with Crippen molar-refractivity contribution >= 4 is 37.8 Å². The van der Waals surface area contributed by atoms with E-state index in [9.17, 15) is 4.79 Å². The molecule has 0 saturated heterocycles. The van der Waals surface area contributed by atoms with Gasteiger partial charge >= 0.3 is 0 Å². The first-order chi connectivity index (χ1) is 8.49. The highest BCUT2D eigenvalue weighted by atomic mass is 79.9. The van der Waals surface area contributed by atoms with Crippen LogP contribution in [0.15, 0.2) is 27.1 Å². The molecular formula is C12H16Br2N2O2. The van der Waals surface area contributed by atoms with Crippen LogP contribution in [0.25, 0.3) is 0 Å². The Hall–Kier alpha value is -0.590. The number of hydrogen-bond donors (Lipinski definition) is 1. The molecule has 0 atom stereocenters. The van der Waals surface area contributed by atoms with Crippen LogP contribution >= 0.6 is 31.9 Å². The predicted molar refractivity (Wildman–Crippen MR) is 78.9 cm³/mol. The molecule has 0 saturated carbocycles. The number of hydrogen-bond acceptors (Lipinski definition) is 3. The van der Waals surface area contributed by atoms with Crippen LogP contribution < -0.4 is 10.1 Å². The van der Waals surface area contributed by atoms with Crippen molar-refractivity contribution in [2.75, 3.05) is 33.8 Å². The van der Waals surface area contributed by atoms with Crippen molar-refractivity contribution in [3.8, 4) is 5.75 Å². The number of likely N-dealkylation sites (N-methyl/N-ethyl adjacent to an activating group) is 1. The number of carbonyl (C=O) groups excluding carboxylic acids is 1. The first-order valence-corrected chi connectivity index (χ1v) is 7.07. The molecule has 4 nitrogen and oxygen atoms in total. The molecule has 0 aromatic heterocycles. The van der Waals surface area contributed by atoms with E-state index < -0.39 is 0 Å². The number of rotatable bonds is 6. The molecule has 0 spiro atoms. The molecule has 18 heavy (non-hydrogen) atoms. The number of carbonyl (C=O) groups is 1. The van der Waals surface area contributed by atoms with Crippen molar-refractivity contribution in [1.29, 1.82) is 0 Å². The Morgan fingerprint density at radius 3 is 2.72 bits per heavy atom. The highest BCUT2D eigenvalue weighted by Gasteiger charge is 2.05. The topological polar surface area (TPSA) is 41.6 Å². The number of amides is 1. The monoisotopic (exact) mass is 378 g/mol. The maximum absolute atomic E-state index is 11.5. The van der Waals surface area contributed by atoms with Crippen LogP contribution in [0, 0.1) is 0 Å². The maximum atomic E-state index is 11.5. The van der Waals surface area contributed by atoms with Gasteiger partial charge in [0.2, 0.25) is 0 Å². The van der Waals surface area contributed by atoms with Crippen molar-refractivity contribution < 1.29 is 9.53 Å². The molecule has 1 amide bonds. The van der Waals surface area contributed by atoms with Gasteiger partial charge in [-0.05, 0) is 48.2 Å². The summed E-state index contributed by atoms with van der Waals surface area (Å²) in [4.78, 5) is 13.5. The molecule has 1 aromatic rings. The highest BCUT2D eigenvalue weighted by Crippen LogP contribution is 2.27. The third-order valence-corrected chi connectivity index (χ3v) is 3.25. The minimum atomic E-state index is -0.119. The van der Waals surface area contributed by atoms with Crippen LogP contribution in [0.3, 0.4) is 0 Å². The summed E-state index contributed by atoms with van der Waals surface area (Å²) in [7, 11) is 3.92. The molecule has 0 aliphatic rings. The van der Waals surface area contributed by atoms with Crippen LogP contribution in [0.2, 0.25) is 0 Å². The van der Waals surface area contributed by atoms with Gasteiger partial charge < -0.3 is 15.0 Å². The lowest BCUT2D eigenvalue weighted by Crippen LogP contribution is -2.34. The van der Waals surface area contributed by atoms with Crippen molar-refractivity contribution in [2.45, 2.75) is 0 Å². The van der Waals surface area contributed by atoms with Crippen LogP contribution in [-0.4, -0.2) is 44.6 Å². The Bertz CT molecular complexity index is 411. The van der Waals surface area contributed by atoms with E-state index in [1.54, 1.807) is 6.07 Å². The summed E-state index contributed by atoms with van der Waals surface area (Å²) in [6, 6.07) is 5.55. The molecular weight excluding hydrogens is 364 g/mol. The lowest BCUT2D eigenvalue weighted by atomic mass is 10.3. The van der Waals surface area contributed by atoms with Gasteiger partial charge in [-0.25, -0.2) is 0 Å². The van der Waals surface area contributed by atoms with Crippen molar-refractivity contribution in [2.24, 2.45) is 0 Å². The van der Waals surface area contributed by atoms with Gasteiger partial charge in [0.05, 0.1) is 4.47 Å². The standard InChI is InChI=1S/C12H16Br2N2O2/c1-16(2)6-5-15-12(17)8-18-11-4-3-9(13)7-10(11)14/h3-4,7H,5-6,8H2,1-2H3,(H,15,17). The smallest absolute Gasteiger partial charge is 0.257 e. The van der Waals surface area contributed by atoms with Gasteiger partial charge in [0.15, 0.2) is 6.61 Å².